The van der Waals surface area contributed by atoms with Gasteiger partial charge in [0.25, 0.3) is 0 Å². The number of benzene rings is 4. The molecule has 5 aromatic rings. The fourth-order valence-corrected chi connectivity index (χ4v) is 6.86. The molecule has 0 spiro atoms. The molecular weight excluding hydrogens is 751 g/mol. The molecule has 0 saturated heterocycles. The molecule has 2 heterocycles. The van der Waals surface area contributed by atoms with Crippen molar-refractivity contribution < 1.29 is 31.6 Å². The lowest BCUT2D eigenvalue weighted by Crippen LogP contribution is -2.38. The molecule has 0 radical (unpaired) electrons. The van der Waals surface area contributed by atoms with E-state index in [1.54, 1.807) is 11.6 Å². The summed E-state index contributed by atoms with van der Waals surface area (Å²) in [5.41, 5.74) is 10.7. The second kappa shape index (κ2) is 18.4. The summed E-state index contributed by atoms with van der Waals surface area (Å²) in [5, 5.41) is 0. The zero-order valence-corrected chi connectivity index (χ0v) is 35.2. The number of rotatable bonds is 15. The minimum Gasteiger partial charge on any atom is -0.497 e. The van der Waals surface area contributed by atoms with Crippen LogP contribution in [0.15, 0.2) is 120 Å². The van der Waals surface area contributed by atoms with Gasteiger partial charge in [-0.15, -0.1) is 0 Å². The highest BCUT2D eigenvalue weighted by Gasteiger charge is 2.33. The Kier molecular flexibility index (Phi) is 13.5. The molecule has 59 heavy (non-hydrogen) atoms. The van der Waals surface area contributed by atoms with Gasteiger partial charge in [0, 0.05) is 28.1 Å². The molecule has 0 aliphatic carbocycles. The standard InChI is InChI=1S/C49H53BF4N2O3/c1-32-9-11-33(12-10-32)42-25-44(35-13-19-37(20-14-35)48(2,3)4)55-45(42)27-47-43(34-17-23-41(57-8)24-18-34)26-46(36-15-21-38(22-16-36)49(5,6)7)56(47)50(58-30-39(53)28-51)59-31-40(54)29-52/h9-27,39-40H,28-31H2,1-8H3/b45-27-. The van der Waals surface area contributed by atoms with Crippen LogP contribution in [-0.2, 0) is 20.1 Å². The topological polar surface area (TPSA) is 45.0 Å². The second-order valence-corrected chi connectivity index (χ2v) is 17.0. The minimum atomic E-state index is -1.97. The normalized spacial score (nSPS) is 14.9. The number of aryl methyl sites for hydroxylation is 1. The summed E-state index contributed by atoms with van der Waals surface area (Å²) in [4.78, 5) is 5.23. The first-order chi connectivity index (χ1) is 28.1. The Morgan fingerprint density at radius 2 is 1.17 bits per heavy atom. The predicted octanol–water partition coefficient (Wildman–Crippen LogP) is 12.1. The molecule has 0 bridgehead atoms. The highest BCUT2D eigenvalue weighted by molar-refractivity contribution is 6.44. The number of nitrogens with zero attached hydrogens (tertiary/aromatic N) is 2. The van der Waals surface area contributed by atoms with E-state index >= 15 is 0 Å². The Bertz CT molecular complexity index is 2270. The fourth-order valence-electron chi connectivity index (χ4n) is 6.86. The van der Waals surface area contributed by atoms with Gasteiger partial charge in [-0.3, -0.25) is 0 Å². The maximum absolute atomic E-state index is 14.6. The Balaban J connectivity index is 1.65. The van der Waals surface area contributed by atoms with E-state index in [-0.39, 0.29) is 10.8 Å². The number of hydrogen-bond donors (Lipinski definition) is 0. The Morgan fingerprint density at radius 1 is 0.678 bits per heavy atom. The second-order valence-electron chi connectivity index (χ2n) is 17.0. The lowest BCUT2D eigenvalue weighted by atomic mass is 9.86. The lowest BCUT2D eigenvalue weighted by molar-refractivity contribution is 0.0997. The van der Waals surface area contributed by atoms with Gasteiger partial charge in [-0.2, -0.15) is 0 Å². The average molecular weight is 805 g/mol. The number of hydrogen-bond acceptors (Lipinski definition) is 4. The molecule has 5 nitrogen and oxygen atoms in total. The van der Waals surface area contributed by atoms with Crippen LogP contribution in [0.2, 0.25) is 0 Å². The molecule has 308 valence electrons. The van der Waals surface area contributed by atoms with E-state index in [9.17, 15) is 17.6 Å². The summed E-state index contributed by atoms with van der Waals surface area (Å²) in [7, 11) is 0.0958. The van der Waals surface area contributed by atoms with Gasteiger partial charge in [-0.1, -0.05) is 132 Å². The third-order valence-corrected chi connectivity index (χ3v) is 10.4. The van der Waals surface area contributed by atoms with Crippen LogP contribution in [0.4, 0.5) is 17.6 Å². The summed E-state index contributed by atoms with van der Waals surface area (Å²) in [5.74, 6) is 0.656. The summed E-state index contributed by atoms with van der Waals surface area (Å²) >= 11 is 0. The molecule has 4 aromatic carbocycles. The van der Waals surface area contributed by atoms with Gasteiger partial charge in [-0.05, 0) is 75.9 Å². The van der Waals surface area contributed by atoms with E-state index in [0.29, 0.717) is 22.8 Å². The molecule has 0 saturated carbocycles. The Morgan fingerprint density at radius 3 is 1.66 bits per heavy atom. The number of halogens is 4. The van der Waals surface area contributed by atoms with Gasteiger partial charge in [0.2, 0.25) is 0 Å². The largest absolute Gasteiger partial charge is 0.598 e. The molecule has 1 aliphatic rings. The fraction of sp³-hybridized carbons (Fsp3) is 0.327. The van der Waals surface area contributed by atoms with Crippen LogP contribution >= 0.6 is 0 Å². The highest BCUT2D eigenvalue weighted by Crippen LogP contribution is 2.40. The van der Waals surface area contributed by atoms with Crippen molar-refractivity contribution in [2.24, 2.45) is 4.99 Å². The van der Waals surface area contributed by atoms with Crippen LogP contribution in [0.25, 0.3) is 34.0 Å². The number of aromatic nitrogens is 1. The van der Waals surface area contributed by atoms with Crippen LogP contribution < -0.4 is 4.74 Å². The molecule has 2 atom stereocenters. The van der Waals surface area contributed by atoms with Crippen molar-refractivity contribution in [3.63, 3.8) is 0 Å². The molecule has 0 fully saturated rings. The first kappa shape index (κ1) is 43.4. The maximum atomic E-state index is 14.6. The van der Waals surface area contributed by atoms with E-state index in [1.807, 2.05) is 91.9 Å². The summed E-state index contributed by atoms with van der Waals surface area (Å²) in [6, 6.07) is 34.1. The van der Waals surface area contributed by atoms with E-state index in [2.05, 4.69) is 71.9 Å². The first-order valence-corrected chi connectivity index (χ1v) is 19.9. The van der Waals surface area contributed by atoms with Crippen LogP contribution in [0.5, 0.6) is 5.75 Å². The zero-order valence-electron chi connectivity index (χ0n) is 35.2. The average Bonchev–Trinajstić information content (AvgIpc) is 3.82. The SMILES string of the molecule is COc1ccc(-c2cc(-c3ccc(C(C)(C)C)cc3)n(B(OCC(F)CF)OCC(F)CF)c2/C=C2\N=C(c3ccc(C(C)(C)C)cc3)C=C2c2ccc(C)cc2)cc1. The van der Waals surface area contributed by atoms with Gasteiger partial charge >= 0.3 is 7.25 Å². The zero-order chi connectivity index (χ0) is 42.5. The van der Waals surface area contributed by atoms with Crippen molar-refractivity contribution in [2.75, 3.05) is 33.7 Å². The van der Waals surface area contributed by atoms with Gasteiger partial charge in [0.05, 0.1) is 31.7 Å². The maximum Gasteiger partial charge on any atom is 0.598 e. The third kappa shape index (κ3) is 10.3. The van der Waals surface area contributed by atoms with E-state index in [4.69, 9.17) is 19.0 Å². The molecule has 10 heteroatoms. The number of allylic oxidation sites excluding steroid dienone is 2. The molecule has 6 rings (SSSR count). The highest BCUT2D eigenvalue weighted by atomic mass is 19.2. The van der Waals surface area contributed by atoms with E-state index in [1.165, 1.54) is 5.56 Å². The predicted molar refractivity (Wildman–Crippen MR) is 234 cm³/mol. The molecule has 2 unspecified atom stereocenters. The molecule has 0 amide bonds. The summed E-state index contributed by atoms with van der Waals surface area (Å²) in [6.07, 6.45) is 0.0283. The van der Waals surface area contributed by atoms with Gasteiger partial charge in [0.1, 0.15) is 31.4 Å². The van der Waals surface area contributed by atoms with Gasteiger partial charge < -0.3 is 18.5 Å². The summed E-state index contributed by atoms with van der Waals surface area (Å²) in [6.45, 7) is 11.0. The smallest absolute Gasteiger partial charge is 0.497 e. The van der Waals surface area contributed by atoms with Crippen molar-refractivity contribution in [3.05, 3.63) is 148 Å². The van der Waals surface area contributed by atoms with Crippen molar-refractivity contribution >= 4 is 24.6 Å². The Labute approximate surface area is 346 Å². The van der Waals surface area contributed by atoms with Crippen molar-refractivity contribution in [1.82, 2.24) is 4.48 Å². The van der Waals surface area contributed by atoms with Crippen LogP contribution in [-0.4, -0.2) is 63.5 Å². The first-order valence-electron chi connectivity index (χ1n) is 19.9. The van der Waals surface area contributed by atoms with E-state index in [0.717, 1.165) is 50.2 Å². The number of methoxy groups -OCH3 is 1. The Hall–Kier alpha value is -5.19. The molecule has 1 aliphatic heterocycles. The quantitative estimate of drug-likeness (QED) is 0.0782. The molecule has 1 aromatic heterocycles. The monoisotopic (exact) mass is 804 g/mol. The number of aliphatic imine (C=N–C) groups is 1. The number of ether oxygens (including phenoxy) is 1. The van der Waals surface area contributed by atoms with Crippen molar-refractivity contribution in [2.45, 2.75) is 71.6 Å². The lowest BCUT2D eigenvalue weighted by Gasteiger charge is -2.22. The minimum absolute atomic E-state index is 0.0303. The van der Waals surface area contributed by atoms with Crippen molar-refractivity contribution in [3.8, 4) is 28.1 Å². The van der Waals surface area contributed by atoms with Gasteiger partial charge in [-0.25, -0.2) is 22.6 Å². The summed E-state index contributed by atoms with van der Waals surface area (Å²) < 4.78 is 75.6. The van der Waals surface area contributed by atoms with E-state index < -0.39 is 46.2 Å². The van der Waals surface area contributed by atoms with Crippen LogP contribution in [0.3, 0.4) is 0 Å². The molecule has 0 N–H and O–H groups in total. The van der Waals surface area contributed by atoms with Crippen LogP contribution in [0, 0.1) is 6.92 Å². The van der Waals surface area contributed by atoms with Crippen molar-refractivity contribution in [1.29, 1.82) is 0 Å². The van der Waals surface area contributed by atoms with Crippen LogP contribution in [0.1, 0.15) is 75.1 Å². The number of alkyl halides is 4. The van der Waals surface area contributed by atoms with Gasteiger partial charge in [0.15, 0.2) is 0 Å². The molecular formula is C49H53BF4N2O3. The third-order valence-electron chi connectivity index (χ3n) is 10.4.